The van der Waals surface area contributed by atoms with Crippen molar-refractivity contribution in [2.75, 3.05) is 0 Å². The van der Waals surface area contributed by atoms with Crippen LogP contribution in [0.4, 0.5) is 0 Å². The first-order valence-electron chi connectivity index (χ1n) is 4.10. The SMILES string of the molecule is C1CCC2OC23CC3C1. The Balaban J connectivity index is 1.86. The molecular formula is C8H12O. The van der Waals surface area contributed by atoms with E-state index in [2.05, 4.69) is 0 Å². The summed E-state index contributed by atoms with van der Waals surface area (Å²) >= 11 is 0. The average molecular weight is 124 g/mol. The smallest absolute Gasteiger partial charge is 0.0981 e. The molecular weight excluding hydrogens is 112 g/mol. The highest BCUT2D eigenvalue weighted by atomic mass is 16.6. The van der Waals surface area contributed by atoms with Crippen LogP contribution in [0.25, 0.3) is 0 Å². The van der Waals surface area contributed by atoms with Gasteiger partial charge in [-0.25, -0.2) is 0 Å². The molecule has 9 heavy (non-hydrogen) atoms. The number of rotatable bonds is 0. The first-order valence-corrected chi connectivity index (χ1v) is 4.10. The van der Waals surface area contributed by atoms with Gasteiger partial charge in [-0.3, -0.25) is 0 Å². The third-order valence-corrected chi connectivity index (χ3v) is 3.21. The molecule has 1 heteroatoms. The third kappa shape index (κ3) is 0.454. The van der Waals surface area contributed by atoms with Crippen LogP contribution in [0.2, 0.25) is 0 Å². The Hall–Kier alpha value is -0.0400. The van der Waals surface area contributed by atoms with Crippen molar-refractivity contribution in [1.29, 1.82) is 0 Å². The van der Waals surface area contributed by atoms with Gasteiger partial charge in [0.05, 0.1) is 11.7 Å². The van der Waals surface area contributed by atoms with E-state index in [9.17, 15) is 0 Å². The van der Waals surface area contributed by atoms with Crippen molar-refractivity contribution >= 4 is 0 Å². The zero-order valence-corrected chi connectivity index (χ0v) is 5.60. The summed E-state index contributed by atoms with van der Waals surface area (Å²) in [5, 5.41) is 0. The fraction of sp³-hybridized carbons (Fsp3) is 1.00. The van der Waals surface area contributed by atoms with Gasteiger partial charge >= 0.3 is 0 Å². The van der Waals surface area contributed by atoms with Crippen molar-refractivity contribution in [1.82, 2.24) is 0 Å². The molecule has 1 saturated heterocycles. The lowest BCUT2D eigenvalue weighted by Gasteiger charge is -1.92. The molecule has 0 aromatic heterocycles. The summed E-state index contributed by atoms with van der Waals surface area (Å²) in [4.78, 5) is 0. The molecule has 1 spiro atoms. The predicted molar refractivity (Wildman–Crippen MR) is 34.2 cm³/mol. The van der Waals surface area contributed by atoms with Crippen LogP contribution in [-0.2, 0) is 4.74 Å². The molecule has 3 rings (SSSR count). The van der Waals surface area contributed by atoms with Gasteiger partial charge in [0, 0.05) is 0 Å². The van der Waals surface area contributed by atoms with Crippen LogP contribution in [-0.4, -0.2) is 11.7 Å². The summed E-state index contributed by atoms with van der Waals surface area (Å²) in [6.45, 7) is 0. The number of epoxide rings is 1. The second-order valence-corrected chi connectivity index (χ2v) is 3.75. The van der Waals surface area contributed by atoms with Crippen molar-refractivity contribution < 1.29 is 4.74 Å². The molecule has 0 aromatic carbocycles. The van der Waals surface area contributed by atoms with E-state index in [1.165, 1.54) is 32.1 Å². The summed E-state index contributed by atoms with van der Waals surface area (Å²) < 4.78 is 5.62. The van der Waals surface area contributed by atoms with Gasteiger partial charge in [-0.05, 0) is 25.2 Å². The quantitative estimate of drug-likeness (QED) is 0.448. The van der Waals surface area contributed by atoms with Gasteiger partial charge in [0.2, 0.25) is 0 Å². The van der Waals surface area contributed by atoms with Gasteiger partial charge in [0.1, 0.15) is 0 Å². The molecule has 3 fully saturated rings. The average Bonchev–Trinajstić information content (AvgIpc) is 2.59. The van der Waals surface area contributed by atoms with E-state index in [1.807, 2.05) is 0 Å². The molecule has 2 saturated carbocycles. The minimum absolute atomic E-state index is 0.497. The van der Waals surface area contributed by atoms with E-state index in [0.717, 1.165) is 5.92 Å². The molecule has 0 amide bonds. The van der Waals surface area contributed by atoms with Gasteiger partial charge in [0.15, 0.2) is 0 Å². The Kier molecular flexibility index (Phi) is 0.628. The van der Waals surface area contributed by atoms with Crippen molar-refractivity contribution in [3.63, 3.8) is 0 Å². The first kappa shape index (κ1) is 4.73. The van der Waals surface area contributed by atoms with E-state index in [4.69, 9.17) is 4.74 Å². The predicted octanol–water partition coefficient (Wildman–Crippen LogP) is 1.72. The molecule has 0 N–H and O–H groups in total. The summed E-state index contributed by atoms with van der Waals surface area (Å²) in [6.07, 6.45) is 7.81. The van der Waals surface area contributed by atoms with Crippen molar-refractivity contribution in [2.45, 2.75) is 43.8 Å². The standard InChI is InChI=1S/C8H12O/c1-2-4-7-8(9-7)5-6(8)3-1/h6-7H,1-5H2. The summed E-state index contributed by atoms with van der Waals surface area (Å²) in [7, 11) is 0. The number of hydrogen-bond donors (Lipinski definition) is 0. The van der Waals surface area contributed by atoms with E-state index in [-0.39, 0.29) is 0 Å². The lowest BCUT2D eigenvalue weighted by Crippen LogP contribution is -1.91. The molecule has 2 aliphatic carbocycles. The Bertz CT molecular complexity index is 135. The topological polar surface area (TPSA) is 12.5 Å². The molecule has 1 nitrogen and oxygen atoms in total. The van der Waals surface area contributed by atoms with Crippen LogP contribution in [0, 0.1) is 5.92 Å². The molecule has 3 aliphatic rings. The van der Waals surface area contributed by atoms with Crippen LogP contribution in [0.15, 0.2) is 0 Å². The highest BCUT2D eigenvalue weighted by Crippen LogP contribution is 2.66. The second-order valence-electron chi connectivity index (χ2n) is 3.75. The van der Waals surface area contributed by atoms with Gasteiger partial charge in [-0.1, -0.05) is 12.8 Å². The maximum atomic E-state index is 5.62. The summed E-state index contributed by atoms with van der Waals surface area (Å²) in [5.74, 6) is 0.991. The van der Waals surface area contributed by atoms with E-state index < -0.39 is 0 Å². The highest BCUT2D eigenvalue weighted by Gasteiger charge is 2.72. The minimum atomic E-state index is 0.497. The largest absolute Gasteiger partial charge is 0.366 e. The lowest BCUT2D eigenvalue weighted by atomic mass is 10.2. The molecule has 1 heterocycles. The third-order valence-electron chi connectivity index (χ3n) is 3.21. The molecule has 0 radical (unpaired) electrons. The van der Waals surface area contributed by atoms with Gasteiger partial charge in [-0.15, -0.1) is 0 Å². The Morgan fingerprint density at radius 1 is 1.22 bits per heavy atom. The zero-order chi connectivity index (χ0) is 5.90. The molecule has 0 aromatic rings. The van der Waals surface area contributed by atoms with Gasteiger partial charge in [0.25, 0.3) is 0 Å². The molecule has 1 aliphatic heterocycles. The molecule has 0 bridgehead atoms. The van der Waals surface area contributed by atoms with Crippen molar-refractivity contribution in [2.24, 2.45) is 5.92 Å². The van der Waals surface area contributed by atoms with E-state index in [1.54, 1.807) is 0 Å². The molecule has 50 valence electrons. The fourth-order valence-electron chi connectivity index (χ4n) is 2.47. The van der Waals surface area contributed by atoms with Crippen LogP contribution >= 0.6 is 0 Å². The normalized spacial score (nSPS) is 61.3. The Morgan fingerprint density at radius 3 is 3.11 bits per heavy atom. The first-order chi connectivity index (χ1) is 4.42. The molecule has 3 unspecified atom stereocenters. The fourth-order valence-corrected chi connectivity index (χ4v) is 2.47. The van der Waals surface area contributed by atoms with E-state index in [0.29, 0.717) is 11.7 Å². The lowest BCUT2D eigenvalue weighted by molar-refractivity contribution is 0.327. The van der Waals surface area contributed by atoms with Crippen LogP contribution in [0.1, 0.15) is 32.1 Å². The molecule has 3 atom stereocenters. The Morgan fingerprint density at radius 2 is 2.11 bits per heavy atom. The summed E-state index contributed by atoms with van der Waals surface area (Å²) in [5.41, 5.74) is 0.497. The second kappa shape index (κ2) is 1.20. The maximum absolute atomic E-state index is 5.62. The van der Waals surface area contributed by atoms with Crippen LogP contribution in [0.5, 0.6) is 0 Å². The van der Waals surface area contributed by atoms with Crippen molar-refractivity contribution in [3.8, 4) is 0 Å². The Labute approximate surface area is 55.4 Å². The summed E-state index contributed by atoms with van der Waals surface area (Å²) in [6, 6.07) is 0. The van der Waals surface area contributed by atoms with Crippen LogP contribution in [0.3, 0.4) is 0 Å². The monoisotopic (exact) mass is 124 g/mol. The maximum Gasteiger partial charge on any atom is 0.0981 e. The minimum Gasteiger partial charge on any atom is -0.366 e. The highest BCUT2D eigenvalue weighted by molar-refractivity contribution is 5.21. The van der Waals surface area contributed by atoms with Crippen LogP contribution < -0.4 is 0 Å². The number of hydrogen-bond acceptors (Lipinski definition) is 1. The van der Waals surface area contributed by atoms with E-state index >= 15 is 0 Å². The van der Waals surface area contributed by atoms with Crippen molar-refractivity contribution in [3.05, 3.63) is 0 Å². The van der Waals surface area contributed by atoms with Gasteiger partial charge < -0.3 is 4.74 Å². The van der Waals surface area contributed by atoms with Gasteiger partial charge in [-0.2, -0.15) is 0 Å². The number of ether oxygens (including phenoxy) is 1. The zero-order valence-electron chi connectivity index (χ0n) is 5.60.